The summed E-state index contributed by atoms with van der Waals surface area (Å²) in [7, 11) is 0. The fraction of sp³-hybridized carbons (Fsp3) is 0.435. The van der Waals surface area contributed by atoms with Gasteiger partial charge in [-0.2, -0.15) is 0 Å². The summed E-state index contributed by atoms with van der Waals surface area (Å²) in [6, 6.07) is 3.27. The van der Waals surface area contributed by atoms with Gasteiger partial charge in [0.1, 0.15) is 11.3 Å². The predicted octanol–water partition coefficient (Wildman–Crippen LogP) is -0.0664. The van der Waals surface area contributed by atoms with Crippen LogP contribution in [0.4, 0.5) is 0 Å². The Hall–Kier alpha value is -3.57. The summed E-state index contributed by atoms with van der Waals surface area (Å²) < 4.78 is 11.0. The first-order valence-electron chi connectivity index (χ1n) is 11.4. The first kappa shape index (κ1) is 23.6. The van der Waals surface area contributed by atoms with E-state index in [9.17, 15) is 9.59 Å². The Morgan fingerprint density at radius 1 is 1.21 bits per heavy atom. The van der Waals surface area contributed by atoms with E-state index in [1.807, 2.05) is 6.08 Å². The number of hydrogen-bond donors (Lipinski definition) is 4. The lowest BCUT2D eigenvalue weighted by Gasteiger charge is -2.36. The van der Waals surface area contributed by atoms with Crippen LogP contribution in [0.5, 0.6) is 5.88 Å². The summed E-state index contributed by atoms with van der Waals surface area (Å²) in [5, 5.41) is 4.36. The summed E-state index contributed by atoms with van der Waals surface area (Å²) in [6.07, 6.45) is 9.43. The molecule has 182 valence electrons. The number of pyridine rings is 1. The number of carbonyl (C=O) groups excluding carboxylic acids is 2. The molecule has 3 aliphatic rings. The number of rotatable bonds is 8. The van der Waals surface area contributed by atoms with Gasteiger partial charge < -0.3 is 31.2 Å². The van der Waals surface area contributed by atoms with Gasteiger partial charge in [-0.1, -0.05) is 0 Å². The van der Waals surface area contributed by atoms with Crippen LogP contribution in [0, 0.1) is 5.92 Å². The van der Waals surface area contributed by atoms with Gasteiger partial charge in [0, 0.05) is 31.5 Å². The van der Waals surface area contributed by atoms with Crippen molar-refractivity contribution in [1.29, 1.82) is 0 Å². The van der Waals surface area contributed by atoms with Gasteiger partial charge in [-0.05, 0) is 49.5 Å². The van der Waals surface area contributed by atoms with Crippen LogP contribution < -0.4 is 27.4 Å². The Labute approximate surface area is 198 Å². The number of hydrogen-bond acceptors (Lipinski definition) is 9. The highest BCUT2D eigenvalue weighted by Gasteiger charge is 2.31. The maximum atomic E-state index is 12.6. The van der Waals surface area contributed by atoms with Crippen molar-refractivity contribution in [3.63, 3.8) is 0 Å². The minimum absolute atomic E-state index is 0.0472. The van der Waals surface area contributed by atoms with Gasteiger partial charge in [0.15, 0.2) is 0 Å². The SMILES string of the molecule is NC(=O)c1cccnc1OCCC1CC(NC(=O)/C(N)=C2\C=CC(N3CCOCC3)=CN2N)C1. The van der Waals surface area contributed by atoms with Crippen molar-refractivity contribution in [3.8, 4) is 5.88 Å². The Balaban J connectivity index is 1.22. The van der Waals surface area contributed by atoms with Gasteiger partial charge >= 0.3 is 0 Å². The van der Waals surface area contributed by atoms with E-state index in [-0.39, 0.29) is 29.1 Å². The molecule has 0 radical (unpaired) electrons. The average Bonchev–Trinajstić information content (AvgIpc) is 2.82. The van der Waals surface area contributed by atoms with E-state index in [2.05, 4.69) is 15.2 Å². The number of ether oxygens (including phenoxy) is 2. The third-order valence-electron chi connectivity index (χ3n) is 6.23. The van der Waals surface area contributed by atoms with Crippen LogP contribution in [0.2, 0.25) is 0 Å². The summed E-state index contributed by atoms with van der Waals surface area (Å²) in [6.45, 7) is 3.35. The molecule has 2 aliphatic heterocycles. The Bertz CT molecular complexity index is 1010. The van der Waals surface area contributed by atoms with Gasteiger partial charge in [0.05, 0.1) is 31.2 Å². The van der Waals surface area contributed by atoms with Crippen molar-refractivity contribution >= 4 is 11.8 Å². The first-order valence-corrected chi connectivity index (χ1v) is 11.4. The molecular formula is C23H31N7O4. The number of aromatic nitrogens is 1. The molecular weight excluding hydrogens is 438 g/mol. The van der Waals surface area contributed by atoms with Crippen LogP contribution in [0.15, 0.2) is 53.8 Å². The van der Waals surface area contributed by atoms with Gasteiger partial charge in [0.2, 0.25) is 5.88 Å². The van der Waals surface area contributed by atoms with E-state index in [1.165, 1.54) is 5.01 Å². The number of hydrazine groups is 1. The third kappa shape index (κ3) is 5.49. The van der Waals surface area contributed by atoms with Crippen LogP contribution in [-0.4, -0.2) is 65.7 Å². The second-order valence-electron chi connectivity index (χ2n) is 8.56. The highest BCUT2D eigenvalue weighted by molar-refractivity contribution is 5.95. The zero-order chi connectivity index (χ0) is 24.1. The topological polar surface area (TPSA) is 162 Å². The minimum Gasteiger partial charge on any atom is -0.477 e. The van der Waals surface area contributed by atoms with Crippen LogP contribution in [0.25, 0.3) is 0 Å². The molecule has 1 aliphatic carbocycles. The quantitative estimate of drug-likeness (QED) is 0.302. The maximum Gasteiger partial charge on any atom is 0.269 e. The lowest BCUT2D eigenvalue weighted by molar-refractivity contribution is -0.119. The van der Waals surface area contributed by atoms with Crippen LogP contribution in [-0.2, 0) is 9.53 Å². The number of allylic oxidation sites excluding steroid dienone is 2. The number of nitrogens with one attached hydrogen (secondary N) is 1. The predicted molar refractivity (Wildman–Crippen MR) is 124 cm³/mol. The first-order chi connectivity index (χ1) is 16.4. The molecule has 2 amide bonds. The van der Waals surface area contributed by atoms with Gasteiger partial charge in [0.25, 0.3) is 11.8 Å². The molecule has 11 nitrogen and oxygen atoms in total. The van der Waals surface area contributed by atoms with Crippen molar-refractivity contribution in [2.45, 2.75) is 25.3 Å². The van der Waals surface area contributed by atoms with Crippen molar-refractivity contribution in [2.24, 2.45) is 23.2 Å². The van der Waals surface area contributed by atoms with Crippen molar-refractivity contribution in [2.75, 3.05) is 32.9 Å². The van der Waals surface area contributed by atoms with Crippen molar-refractivity contribution < 1.29 is 19.1 Å². The number of primary amides is 1. The number of amides is 2. The van der Waals surface area contributed by atoms with E-state index in [4.69, 9.17) is 26.8 Å². The van der Waals surface area contributed by atoms with Gasteiger partial charge in [-0.15, -0.1) is 0 Å². The lowest BCUT2D eigenvalue weighted by Crippen LogP contribution is -2.47. The molecule has 0 spiro atoms. The second-order valence-corrected chi connectivity index (χ2v) is 8.56. The highest BCUT2D eigenvalue weighted by atomic mass is 16.5. The zero-order valence-electron chi connectivity index (χ0n) is 19.0. The molecule has 1 saturated carbocycles. The largest absolute Gasteiger partial charge is 0.477 e. The van der Waals surface area contributed by atoms with Crippen molar-refractivity contribution in [3.05, 3.63) is 59.3 Å². The molecule has 34 heavy (non-hydrogen) atoms. The third-order valence-corrected chi connectivity index (χ3v) is 6.23. The van der Waals surface area contributed by atoms with E-state index < -0.39 is 5.91 Å². The van der Waals surface area contributed by atoms with Gasteiger partial charge in [-0.25, -0.2) is 10.8 Å². The molecule has 1 saturated heterocycles. The Kier molecular flexibility index (Phi) is 7.33. The van der Waals surface area contributed by atoms with Crippen LogP contribution in [0.3, 0.4) is 0 Å². The van der Waals surface area contributed by atoms with Crippen molar-refractivity contribution in [1.82, 2.24) is 20.2 Å². The average molecular weight is 470 g/mol. The zero-order valence-corrected chi connectivity index (χ0v) is 19.0. The fourth-order valence-electron chi connectivity index (χ4n) is 4.23. The number of nitrogens with two attached hydrogens (primary N) is 3. The van der Waals surface area contributed by atoms with Crippen LogP contribution >= 0.6 is 0 Å². The molecule has 11 heteroatoms. The second kappa shape index (κ2) is 10.6. The molecule has 0 aromatic carbocycles. The minimum atomic E-state index is -0.571. The van der Waals surface area contributed by atoms with Crippen LogP contribution in [0.1, 0.15) is 29.6 Å². The smallest absolute Gasteiger partial charge is 0.269 e. The molecule has 3 heterocycles. The lowest BCUT2D eigenvalue weighted by atomic mass is 9.78. The summed E-state index contributed by atoms with van der Waals surface area (Å²) in [5.41, 5.74) is 13.2. The molecule has 0 unspecified atom stereocenters. The molecule has 2 fully saturated rings. The standard InChI is InChI=1S/C23H31N7O4/c24-20(19-4-3-17(14-30(19)26)29-7-10-33-11-8-29)22(32)28-16-12-15(13-16)5-9-34-23-18(21(25)31)2-1-6-27-23/h1-4,6,14-16H,5,7-13,24,26H2,(H2,25,31)(H,28,32)/b20-19-. The fourth-order valence-corrected chi connectivity index (χ4v) is 4.23. The van der Waals surface area contributed by atoms with E-state index in [0.29, 0.717) is 31.4 Å². The molecule has 7 N–H and O–H groups in total. The monoisotopic (exact) mass is 469 g/mol. The number of carbonyl (C=O) groups is 2. The molecule has 4 rings (SSSR count). The summed E-state index contributed by atoms with van der Waals surface area (Å²) in [5.74, 6) is 5.87. The molecule has 1 aromatic rings. The summed E-state index contributed by atoms with van der Waals surface area (Å²) >= 11 is 0. The van der Waals surface area contributed by atoms with E-state index in [0.717, 1.165) is 38.0 Å². The van der Waals surface area contributed by atoms with E-state index in [1.54, 1.807) is 30.6 Å². The molecule has 0 bridgehead atoms. The van der Waals surface area contributed by atoms with E-state index >= 15 is 0 Å². The number of nitrogens with zero attached hydrogens (tertiary/aromatic N) is 3. The Morgan fingerprint density at radius 2 is 1.97 bits per heavy atom. The maximum absolute atomic E-state index is 12.6. The highest BCUT2D eigenvalue weighted by Crippen LogP contribution is 2.31. The number of morpholine rings is 1. The van der Waals surface area contributed by atoms with Gasteiger partial charge in [-0.3, -0.25) is 14.6 Å². The molecule has 0 atom stereocenters. The normalized spacial score (nSPS) is 23.6. The molecule has 1 aromatic heterocycles. The summed E-state index contributed by atoms with van der Waals surface area (Å²) in [4.78, 5) is 30.3. The Morgan fingerprint density at radius 3 is 2.68 bits per heavy atom.